The second-order valence-electron chi connectivity index (χ2n) is 8.95. The molecule has 0 saturated heterocycles. The van der Waals surface area contributed by atoms with E-state index < -0.39 is 7.60 Å². The lowest BCUT2D eigenvalue weighted by atomic mass is 10.0. The van der Waals surface area contributed by atoms with Gasteiger partial charge in [0.1, 0.15) is 5.69 Å². The minimum Gasteiger partial charge on any atom is -0.493 e. The highest BCUT2D eigenvalue weighted by molar-refractivity contribution is 7.53. The van der Waals surface area contributed by atoms with E-state index in [1.54, 1.807) is 78.7 Å². The van der Waals surface area contributed by atoms with Gasteiger partial charge in [0.2, 0.25) is 0 Å². The van der Waals surface area contributed by atoms with Crippen LogP contribution in [0.15, 0.2) is 54.6 Å². The molecular weight excluding hydrogens is 547 g/mol. The van der Waals surface area contributed by atoms with Crippen molar-refractivity contribution < 1.29 is 37.4 Å². The molecule has 11 heteroatoms. The van der Waals surface area contributed by atoms with E-state index >= 15 is 0 Å². The lowest BCUT2D eigenvalue weighted by Crippen LogP contribution is -2.13. The van der Waals surface area contributed by atoms with Crippen LogP contribution in [-0.2, 0) is 19.8 Å². The number of hydrogen-bond donors (Lipinski definition) is 2. The van der Waals surface area contributed by atoms with E-state index in [0.717, 1.165) is 16.5 Å². The lowest BCUT2D eigenvalue weighted by Gasteiger charge is -2.17. The monoisotopic (exact) mass is 582 g/mol. The van der Waals surface area contributed by atoms with Crippen LogP contribution < -0.4 is 24.3 Å². The average Bonchev–Trinajstić information content (AvgIpc) is 3.35. The van der Waals surface area contributed by atoms with Crippen molar-refractivity contribution in [1.29, 1.82) is 0 Å². The number of amides is 1. The quantitative estimate of drug-likeness (QED) is 0.164. The number of ether oxygens (including phenoxy) is 4. The van der Waals surface area contributed by atoms with E-state index in [4.69, 9.17) is 28.0 Å². The van der Waals surface area contributed by atoms with Crippen LogP contribution in [0.25, 0.3) is 22.0 Å². The fourth-order valence-electron chi connectivity index (χ4n) is 4.62. The van der Waals surface area contributed by atoms with E-state index in [9.17, 15) is 9.36 Å². The molecule has 2 N–H and O–H groups in total. The minimum absolute atomic E-state index is 0.137. The van der Waals surface area contributed by atoms with Crippen LogP contribution in [0.1, 0.15) is 29.9 Å². The molecule has 0 aliphatic rings. The molecule has 0 aliphatic heterocycles. The van der Waals surface area contributed by atoms with Crippen molar-refractivity contribution in [2.24, 2.45) is 0 Å². The summed E-state index contributed by atoms with van der Waals surface area (Å²) >= 11 is 0. The first-order chi connectivity index (χ1) is 19.8. The van der Waals surface area contributed by atoms with Gasteiger partial charge in [0.15, 0.2) is 23.0 Å². The van der Waals surface area contributed by atoms with E-state index in [1.807, 2.05) is 18.2 Å². The minimum atomic E-state index is -3.25. The summed E-state index contributed by atoms with van der Waals surface area (Å²) in [6.45, 7) is 4.12. The molecule has 0 fully saturated rings. The smallest absolute Gasteiger partial charge is 0.335 e. The van der Waals surface area contributed by atoms with Gasteiger partial charge in [-0.05, 0) is 55.3 Å². The van der Waals surface area contributed by atoms with Gasteiger partial charge in [0.05, 0.1) is 53.3 Å². The number of hydrogen-bond acceptors (Lipinski definition) is 8. The molecule has 0 unspecified atom stereocenters. The van der Waals surface area contributed by atoms with Gasteiger partial charge < -0.3 is 38.3 Å². The van der Waals surface area contributed by atoms with Crippen LogP contribution in [0.5, 0.6) is 23.0 Å². The Bertz CT molecular complexity index is 1560. The van der Waals surface area contributed by atoms with E-state index in [0.29, 0.717) is 45.5 Å². The lowest BCUT2D eigenvalue weighted by molar-refractivity contribution is 0.102. The standard InChI is InChI=1S/C30H35N2O8P/c1-7-39-41(34,40-8-2)18-19-9-12-21(13-10-19)31-30(33)29-28(20-11-14-24(35-3)25(15-20)36-4)22-16-26(37-5)27(38-6)17-23(22)32-29/h9-17,32H,7-8,18H2,1-6H3,(H,31,33). The molecule has 1 amide bonds. The Kier molecular flexibility index (Phi) is 9.60. The van der Waals surface area contributed by atoms with Crippen molar-refractivity contribution in [3.05, 3.63) is 65.9 Å². The number of anilines is 1. The molecule has 0 saturated carbocycles. The molecule has 218 valence electrons. The summed E-state index contributed by atoms with van der Waals surface area (Å²) in [7, 11) is 3.00. The number of benzene rings is 3. The van der Waals surface area contributed by atoms with E-state index in [1.165, 1.54) is 0 Å². The second-order valence-corrected chi connectivity index (χ2v) is 11.0. The molecule has 1 aromatic heterocycles. The maximum atomic E-state index is 13.7. The molecule has 1 heterocycles. The molecule has 0 radical (unpaired) electrons. The Hall–Kier alpha value is -3.98. The predicted octanol–water partition coefficient (Wildman–Crippen LogP) is 6.89. The van der Waals surface area contributed by atoms with Crippen molar-refractivity contribution in [3.8, 4) is 34.1 Å². The summed E-state index contributed by atoms with van der Waals surface area (Å²) in [5.74, 6) is 1.79. The highest BCUT2D eigenvalue weighted by Gasteiger charge is 2.25. The molecule has 4 rings (SSSR count). The van der Waals surface area contributed by atoms with Crippen LogP contribution in [0.3, 0.4) is 0 Å². The number of aromatic nitrogens is 1. The Morgan fingerprint density at radius 2 is 1.37 bits per heavy atom. The van der Waals surface area contributed by atoms with Gasteiger partial charge in [-0.1, -0.05) is 18.2 Å². The third-order valence-electron chi connectivity index (χ3n) is 6.44. The second kappa shape index (κ2) is 13.1. The fraction of sp³-hybridized carbons (Fsp3) is 0.300. The van der Waals surface area contributed by atoms with Gasteiger partial charge in [-0.25, -0.2) is 0 Å². The summed E-state index contributed by atoms with van der Waals surface area (Å²) < 4.78 is 45.7. The van der Waals surface area contributed by atoms with Gasteiger partial charge in [0.25, 0.3) is 5.91 Å². The zero-order valence-corrected chi connectivity index (χ0v) is 24.9. The zero-order valence-electron chi connectivity index (χ0n) is 24.0. The molecule has 0 spiro atoms. The molecule has 10 nitrogen and oxygen atoms in total. The number of H-pyrrole nitrogens is 1. The van der Waals surface area contributed by atoms with Gasteiger partial charge in [-0.15, -0.1) is 0 Å². The number of carbonyl (C=O) groups is 1. The van der Waals surface area contributed by atoms with Crippen LogP contribution >= 0.6 is 7.60 Å². The Morgan fingerprint density at radius 1 is 0.780 bits per heavy atom. The van der Waals surface area contributed by atoms with Crippen LogP contribution in [0, 0.1) is 0 Å². The largest absolute Gasteiger partial charge is 0.493 e. The summed E-state index contributed by atoms with van der Waals surface area (Å²) in [4.78, 5) is 17.0. The van der Waals surface area contributed by atoms with Gasteiger partial charge in [-0.2, -0.15) is 0 Å². The van der Waals surface area contributed by atoms with Crippen molar-refractivity contribution in [1.82, 2.24) is 4.98 Å². The molecule has 0 atom stereocenters. The predicted molar refractivity (Wildman–Crippen MR) is 159 cm³/mol. The summed E-state index contributed by atoms with van der Waals surface area (Å²) in [6, 6.07) is 16.2. The van der Waals surface area contributed by atoms with Crippen LogP contribution in [-0.4, -0.2) is 52.5 Å². The molecule has 41 heavy (non-hydrogen) atoms. The molecule has 0 bridgehead atoms. The molecular formula is C30H35N2O8P. The van der Waals surface area contributed by atoms with Gasteiger partial charge in [0, 0.05) is 22.7 Å². The van der Waals surface area contributed by atoms with Crippen molar-refractivity contribution in [2.75, 3.05) is 47.0 Å². The summed E-state index contributed by atoms with van der Waals surface area (Å²) in [5, 5.41) is 3.72. The van der Waals surface area contributed by atoms with Crippen molar-refractivity contribution >= 4 is 30.1 Å². The number of carbonyl (C=O) groups excluding carboxylic acids is 1. The average molecular weight is 583 g/mol. The van der Waals surface area contributed by atoms with E-state index in [-0.39, 0.29) is 25.3 Å². The van der Waals surface area contributed by atoms with E-state index in [2.05, 4.69) is 10.3 Å². The van der Waals surface area contributed by atoms with Gasteiger partial charge in [-0.3, -0.25) is 9.36 Å². The molecule has 3 aromatic carbocycles. The first-order valence-corrected chi connectivity index (χ1v) is 14.8. The highest BCUT2D eigenvalue weighted by Crippen LogP contribution is 2.51. The fourth-order valence-corrected chi connectivity index (χ4v) is 6.32. The Labute approximate surface area is 239 Å². The number of fused-ring (bicyclic) bond motifs is 1. The van der Waals surface area contributed by atoms with Crippen LogP contribution in [0.2, 0.25) is 0 Å². The third kappa shape index (κ3) is 6.51. The Morgan fingerprint density at radius 3 is 1.95 bits per heavy atom. The maximum absolute atomic E-state index is 13.7. The topological polar surface area (TPSA) is 117 Å². The number of nitrogens with one attached hydrogen (secondary N) is 2. The molecule has 4 aromatic rings. The summed E-state index contributed by atoms with van der Waals surface area (Å²) in [6.07, 6.45) is 0.137. The van der Waals surface area contributed by atoms with Crippen LogP contribution in [0.4, 0.5) is 5.69 Å². The molecule has 0 aliphatic carbocycles. The summed E-state index contributed by atoms with van der Waals surface area (Å²) in [5.41, 5.74) is 3.76. The highest BCUT2D eigenvalue weighted by atomic mass is 31.2. The zero-order chi connectivity index (χ0) is 29.6. The van der Waals surface area contributed by atoms with Crippen molar-refractivity contribution in [3.63, 3.8) is 0 Å². The first kappa shape index (κ1) is 30.0. The van der Waals surface area contributed by atoms with Crippen molar-refractivity contribution in [2.45, 2.75) is 20.0 Å². The maximum Gasteiger partial charge on any atom is 0.335 e. The number of aromatic amines is 1. The SMILES string of the molecule is CCOP(=O)(Cc1ccc(NC(=O)c2[nH]c3cc(OC)c(OC)cc3c2-c2ccc(OC)c(OC)c2)cc1)OCC. The first-order valence-electron chi connectivity index (χ1n) is 13.1. The number of methoxy groups -OCH3 is 4. The normalized spacial score (nSPS) is 11.4. The van der Waals surface area contributed by atoms with Gasteiger partial charge >= 0.3 is 7.60 Å². The Balaban J connectivity index is 1.72. The third-order valence-corrected chi connectivity index (χ3v) is 8.50. The number of rotatable bonds is 13.